The van der Waals surface area contributed by atoms with Gasteiger partial charge in [-0.1, -0.05) is 18.2 Å². The summed E-state index contributed by atoms with van der Waals surface area (Å²) < 4.78 is 0. The van der Waals surface area contributed by atoms with Crippen LogP contribution in [-0.2, 0) is 11.2 Å². The summed E-state index contributed by atoms with van der Waals surface area (Å²) in [6.45, 7) is 1.06. The summed E-state index contributed by atoms with van der Waals surface area (Å²) in [4.78, 5) is 18.4. The molecule has 0 saturated carbocycles. The Kier molecular flexibility index (Phi) is 2.55. The van der Waals surface area contributed by atoms with E-state index < -0.39 is 0 Å². The second kappa shape index (κ2) is 4.48. The lowest BCUT2D eigenvalue weighted by atomic mass is 9.82. The van der Waals surface area contributed by atoms with E-state index in [4.69, 9.17) is 0 Å². The van der Waals surface area contributed by atoms with Gasteiger partial charge in [-0.15, -0.1) is 0 Å². The number of fused-ring (bicyclic) bond motifs is 6. The number of allylic oxidation sites excluding steroid dienone is 2. The van der Waals surface area contributed by atoms with Gasteiger partial charge in [0.05, 0.1) is 6.04 Å². The number of benzene rings is 1. The second-order valence-corrected chi connectivity index (χ2v) is 6.76. The maximum atomic E-state index is 12.2. The Hall–Kier alpha value is -2.03. The van der Waals surface area contributed by atoms with Crippen molar-refractivity contribution < 1.29 is 4.79 Å². The van der Waals surface area contributed by atoms with E-state index in [-0.39, 0.29) is 0 Å². The summed E-state index contributed by atoms with van der Waals surface area (Å²) in [6.07, 6.45) is 6.00. The van der Waals surface area contributed by atoms with Crippen LogP contribution in [0.5, 0.6) is 0 Å². The van der Waals surface area contributed by atoms with Gasteiger partial charge in [-0.25, -0.2) is 0 Å². The van der Waals surface area contributed by atoms with Gasteiger partial charge in [0.1, 0.15) is 0 Å². The van der Waals surface area contributed by atoms with Crippen LogP contribution >= 0.6 is 0 Å². The van der Waals surface area contributed by atoms with Crippen molar-refractivity contribution in [2.45, 2.75) is 44.6 Å². The van der Waals surface area contributed by atoms with Gasteiger partial charge in [0.15, 0.2) is 5.78 Å². The molecular weight excluding hydrogens is 272 g/mol. The molecule has 1 aliphatic carbocycles. The van der Waals surface area contributed by atoms with Crippen molar-refractivity contribution in [2.24, 2.45) is 0 Å². The van der Waals surface area contributed by atoms with Crippen molar-refractivity contribution in [3.05, 3.63) is 46.8 Å². The Labute approximate surface area is 130 Å². The average Bonchev–Trinajstić information content (AvgIpc) is 2.94. The summed E-state index contributed by atoms with van der Waals surface area (Å²) >= 11 is 0. The summed E-state index contributed by atoms with van der Waals surface area (Å²) in [7, 11) is 0. The number of para-hydroxylation sites is 1. The number of Topliss-reactive ketones (excluding diaryl/α,β-unsaturated/α-hetero) is 1. The predicted molar refractivity (Wildman–Crippen MR) is 86.6 cm³/mol. The first-order valence-corrected chi connectivity index (χ1v) is 8.44. The molecule has 0 saturated heterocycles. The van der Waals surface area contributed by atoms with Gasteiger partial charge >= 0.3 is 0 Å². The maximum absolute atomic E-state index is 12.2. The normalized spacial score (nSPS) is 24.3. The molecule has 0 bridgehead atoms. The highest BCUT2D eigenvalue weighted by molar-refractivity contribution is 5.97. The fraction of sp³-hybridized carbons (Fsp3) is 0.421. The summed E-state index contributed by atoms with van der Waals surface area (Å²) in [5, 5.41) is 1.39. The minimum atomic E-state index is 0.405. The zero-order valence-corrected chi connectivity index (χ0v) is 12.7. The topological polar surface area (TPSA) is 36.1 Å². The third kappa shape index (κ3) is 1.59. The van der Waals surface area contributed by atoms with Gasteiger partial charge in [-0.05, 0) is 43.7 Å². The Bertz CT molecular complexity index is 814. The monoisotopic (exact) mass is 292 g/mol. The van der Waals surface area contributed by atoms with E-state index in [0.29, 0.717) is 11.8 Å². The molecule has 0 fully saturated rings. The van der Waals surface area contributed by atoms with Gasteiger partial charge in [0.2, 0.25) is 0 Å². The first-order valence-electron chi connectivity index (χ1n) is 8.44. The minimum absolute atomic E-state index is 0.405. The van der Waals surface area contributed by atoms with Crippen molar-refractivity contribution in [1.29, 1.82) is 0 Å². The van der Waals surface area contributed by atoms with Crippen molar-refractivity contribution >= 4 is 16.7 Å². The fourth-order valence-electron chi connectivity index (χ4n) is 4.70. The van der Waals surface area contributed by atoms with Crippen LogP contribution in [0.3, 0.4) is 0 Å². The molecule has 3 aliphatic rings. The van der Waals surface area contributed by atoms with E-state index >= 15 is 0 Å². The predicted octanol–water partition coefficient (Wildman–Crippen LogP) is 3.87. The number of ketones is 1. The van der Waals surface area contributed by atoms with Crippen molar-refractivity contribution in [1.82, 2.24) is 9.88 Å². The number of rotatable bonds is 0. The number of aromatic nitrogens is 1. The Balaban J connectivity index is 1.64. The first-order chi connectivity index (χ1) is 10.8. The molecule has 3 heterocycles. The molecule has 22 heavy (non-hydrogen) atoms. The van der Waals surface area contributed by atoms with Crippen LogP contribution in [-0.4, -0.2) is 22.2 Å². The molecule has 1 atom stereocenters. The van der Waals surface area contributed by atoms with Crippen LogP contribution in [0.15, 0.2) is 35.5 Å². The summed E-state index contributed by atoms with van der Waals surface area (Å²) in [5.74, 6) is 0.405. The number of carbonyl (C=O) groups excluding carboxylic acids is 1. The Morgan fingerprint density at radius 3 is 2.95 bits per heavy atom. The lowest BCUT2D eigenvalue weighted by Crippen LogP contribution is -2.40. The van der Waals surface area contributed by atoms with E-state index in [1.165, 1.54) is 27.9 Å². The number of nitrogens with one attached hydrogen (secondary N) is 1. The van der Waals surface area contributed by atoms with Crippen LogP contribution in [0.4, 0.5) is 0 Å². The number of carbonyl (C=O) groups is 1. The highest BCUT2D eigenvalue weighted by Gasteiger charge is 2.37. The molecule has 2 aliphatic heterocycles. The lowest BCUT2D eigenvalue weighted by Gasteiger charge is -2.44. The van der Waals surface area contributed by atoms with Crippen molar-refractivity contribution in [2.75, 3.05) is 6.54 Å². The summed E-state index contributed by atoms with van der Waals surface area (Å²) in [6, 6.07) is 9.09. The van der Waals surface area contributed by atoms with E-state index in [9.17, 15) is 4.79 Å². The largest absolute Gasteiger partial charge is 0.366 e. The van der Waals surface area contributed by atoms with Gasteiger partial charge in [0.25, 0.3) is 0 Å². The fourth-order valence-corrected chi connectivity index (χ4v) is 4.70. The quantitative estimate of drug-likeness (QED) is 0.800. The summed E-state index contributed by atoms with van der Waals surface area (Å²) in [5.41, 5.74) is 6.66. The van der Waals surface area contributed by atoms with Crippen molar-refractivity contribution in [3.63, 3.8) is 0 Å². The second-order valence-electron chi connectivity index (χ2n) is 6.76. The third-order valence-electron chi connectivity index (χ3n) is 5.68. The molecule has 1 aromatic heterocycles. The molecule has 5 rings (SSSR count). The Morgan fingerprint density at radius 1 is 1.09 bits per heavy atom. The average molecular weight is 292 g/mol. The number of hydrogen-bond acceptors (Lipinski definition) is 2. The van der Waals surface area contributed by atoms with Crippen LogP contribution in [0.2, 0.25) is 0 Å². The SMILES string of the molecule is O=C1CCCC2=C1CCC1c3[nH]c4ccccc4c3CCN21. The molecule has 2 aromatic rings. The van der Waals surface area contributed by atoms with Crippen LogP contribution < -0.4 is 0 Å². The van der Waals surface area contributed by atoms with Crippen LogP contribution in [0.1, 0.15) is 49.4 Å². The van der Waals surface area contributed by atoms with Crippen molar-refractivity contribution in [3.8, 4) is 0 Å². The van der Waals surface area contributed by atoms with Gasteiger partial charge in [-0.3, -0.25) is 4.79 Å². The molecule has 0 radical (unpaired) electrons. The number of nitrogens with zero attached hydrogens (tertiary/aromatic N) is 1. The molecule has 1 N–H and O–H groups in total. The lowest BCUT2D eigenvalue weighted by molar-refractivity contribution is -0.116. The maximum Gasteiger partial charge on any atom is 0.160 e. The van der Waals surface area contributed by atoms with Gasteiger partial charge in [0, 0.05) is 40.8 Å². The highest BCUT2D eigenvalue weighted by atomic mass is 16.1. The number of hydrogen-bond donors (Lipinski definition) is 1. The first kappa shape index (κ1) is 12.5. The van der Waals surface area contributed by atoms with E-state index in [1.807, 2.05) is 0 Å². The zero-order chi connectivity index (χ0) is 14.7. The molecule has 0 spiro atoms. The minimum Gasteiger partial charge on any atom is -0.366 e. The number of H-pyrrole nitrogens is 1. The standard InChI is InChI=1S/C19H20N2O/c22-18-7-3-6-16-14(18)8-9-17-19-13(10-11-21(16)17)12-4-1-2-5-15(12)20-19/h1-2,4-5,17,20H,3,6-11H2. The molecule has 1 aromatic carbocycles. The van der Waals surface area contributed by atoms with E-state index in [0.717, 1.165) is 50.6 Å². The van der Waals surface area contributed by atoms with Gasteiger partial charge in [-0.2, -0.15) is 0 Å². The van der Waals surface area contributed by atoms with E-state index in [2.05, 4.69) is 34.1 Å². The molecule has 3 nitrogen and oxygen atoms in total. The molecular formula is C19H20N2O. The smallest absolute Gasteiger partial charge is 0.160 e. The molecule has 0 amide bonds. The highest BCUT2D eigenvalue weighted by Crippen LogP contribution is 2.45. The third-order valence-corrected chi connectivity index (χ3v) is 5.68. The zero-order valence-electron chi connectivity index (χ0n) is 12.7. The van der Waals surface area contributed by atoms with Gasteiger partial charge < -0.3 is 9.88 Å². The molecule has 3 heteroatoms. The van der Waals surface area contributed by atoms with Crippen LogP contribution in [0.25, 0.3) is 10.9 Å². The van der Waals surface area contributed by atoms with E-state index in [1.54, 1.807) is 0 Å². The molecule has 112 valence electrons. The number of aromatic amines is 1. The molecule has 1 unspecified atom stereocenters. The Morgan fingerprint density at radius 2 is 2.00 bits per heavy atom. The van der Waals surface area contributed by atoms with Crippen LogP contribution in [0, 0.1) is 0 Å².